The normalized spacial score (nSPS) is 18.4. The van der Waals surface area contributed by atoms with Crippen molar-refractivity contribution in [2.75, 3.05) is 19.7 Å². The van der Waals surface area contributed by atoms with Crippen LogP contribution >= 0.6 is 0 Å². The van der Waals surface area contributed by atoms with Crippen molar-refractivity contribution < 1.29 is 9.90 Å². The molecule has 1 N–H and O–H groups in total. The molecule has 0 radical (unpaired) electrons. The van der Waals surface area contributed by atoms with Gasteiger partial charge in [0.2, 0.25) is 5.91 Å². The molecule has 0 atom stereocenters. The number of hydrogen-bond donors (Lipinski definition) is 1. The zero-order valence-corrected chi connectivity index (χ0v) is 10.2. The van der Waals surface area contributed by atoms with E-state index in [9.17, 15) is 4.79 Å². The molecule has 3 nitrogen and oxygen atoms in total. The van der Waals surface area contributed by atoms with Crippen molar-refractivity contribution in [3.63, 3.8) is 0 Å². The number of rotatable bonds is 6. The zero-order valence-electron chi connectivity index (χ0n) is 10.2. The highest BCUT2D eigenvalue weighted by Crippen LogP contribution is 2.42. The number of aliphatic hydroxyl groups excluding tert-OH is 1. The van der Waals surface area contributed by atoms with Crippen molar-refractivity contribution >= 4 is 5.91 Å². The summed E-state index contributed by atoms with van der Waals surface area (Å²) in [5.74, 6) is 0.210. The molecule has 0 aromatic heterocycles. The van der Waals surface area contributed by atoms with Crippen LogP contribution in [0.15, 0.2) is 12.7 Å². The molecule has 0 aromatic carbocycles. The molecule has 1 fully saturated rings. The van der Waals surface area contributed by atoms with Crippen molar-refractivity contribution in [2.45, 2.75) is 39.0 Å². The number of nitrogens with zero attached hydrogens (tertiary/aromatic N) is 1. The molecule has 1 aliphatic rings. The summed E-state index contributed by atoms with van der Waals surface area (Å²) in [6.07, 6.45) is 6.95. The molecule has 1 aliphatic carbocycles. The van der Waals surface area contributed by atoms with Crippen LogP contribution in [0.1, 0.15) is 39.0 Å². The molecule has 0 aromatic rings. The molecule has 0 heterocycles. The number of hydrogen-bond acceptors (Lipinski definition) is 2. The Balaban J connectivity index is 2.74. The van der Waals surface area contributed by atoms with E-state index in [1.807, 2.05) is 0 Å². The van der Waals surface area contributed by atoms with Gasteiger partial charge in [0.15, 0.2) is 0 Å². The first-order valence-electron chi connectivity index (χ1n) is 6.21. The molecule has 0 bridgehead atoms. The van der Waals surface area contributed by atoms with E-state index in [0.717, 1.165) is 32.1 Å². The van der Waals surface area contributed by atoms with Gasteiger partial charge in [0.25, 0.3) is 0 Å². The number of amides is 1. The van der Waals surface area contributed by atoms with Gasteiger partial charge in [-0.05, 0) is 19.3 Å². The Labute approximate surface area is 98.1 Å². The molecule has 1 rings (SSSR count). The molecule has 0 saturated heterocycles. The Hall–Kier alpha value is -0.830. The first kappa shape index (κ1) is 13.2. The van der Waals surface area contributed by atoms with Crippen molar-refractivity contribution in [2.24, 2.45) is 5.41 Å². The average molecular weight is 225 g/mol. The van der Waals surface area contributed by atoms with Gasteiger partial charge in [0.05, 0.1) is 6.61 Å². The van der Waals surface area contributed by atoms with Crippen molar-refractivity contribution in [3.8, 4) is 0 Å². The second kappa shape index (κ2) is 6.04. The summed E-state index contributed by atoms with van der Waals surface area (Å²) in [5.41, 5.74) is -0.155. The predicted octanol–water partition coefficient (Wildman–Crippen LogP) is 1.96. The van der Waals surface area contributed by atoms with Gasteiger partial charge in [0, 0.05) is 18.5 Å². The molecular formula is C13H23NO2. The molecule has 92 valence electrons. The topological polar surface area (TPSA) is 40.5 Å². The van der Waals surface area contributed by atoms with Crippen LogP contribution in [0, 0.1) is 5.41 Å². The molecule has 0 spiro atoms. The zero-order chi connectivity index (χ0) is 12.0. The Bertz CT molecular complexity index is 244. The predicted molar refractivity (Wildman–Crippen MR) is 65.1 cm³/mol. The van der Waals surface area contributed by atoms with E-state index in [2.05, 4.69) is 13.5 Å². The van der Waals surface area contributed by atoms with Crippen LogP contribution < -0.4 is 0 Å². The van der Waals surface area contributed by atoms with Crippen molar-refractivity contribution in [3.05, 3.63) is 12.7 Å². The minimum atomic E-state index is -0.155. The first-order chi connectivity index (χ1) is 7.70. The molecule has 16 heavy (non-hydrogen) atoms. The summed E-state index contributed by atoms with van der Waals surface area (Å²) in [5, 5.41) is 8.98. The van der Waals surface area contributed by atoms with Gasteiger partial charge in [-0.1, -0.05) is 25.8 Å². The fourth-order valence-corrected chi connectivity index (χ4v) is 2.66. The van der Waals surface area contributed by atoms with Crippen LogP contribution in [0.5, 0.6) is 0 Å². The summed E-state index contributed by atoms with van der Waals surface area (Å²) in [6, 6.07) is 0. The van der Waals surface area contributed by atoms with Crippen LogP contribution in [0.3, 0.4) is 0 Å². The molecular weight excluding hydrogens is 202 g/mol. The maximum atomic E-state index is 12.4. The minimum Gasteiger partial charge on any atom is -0.395 e. The monoisotopic (exact) mass is 225 g/mol. The van der Waals surface area contributed by atoms with Gasteiger partial charge in [-0.25, -0.2) is 0 Å². The third-order valence-corrected chi connectivity index (χ3v) is 3.70. The van der Waals surface area contributed by atoms with E-state index in [1.54, 1.807) is 11.0 Å². The van der Waals surface area contributed by atoms with Gasteiger partial charge < -0.3 is 10.0 Å². The minimum absolute atomic E-state index is 0.0272. The van der Waals surface area contributed by atoms with Gasteiger partial charge in [-0.2, -0.15) is 0 Å². The maximum Gasteiger partial charge on any atom is 0.229 e. The van der Waals surface area contributed by atoms with Crippen LogP contribution in [0.2, 0.25) is 0 Å². The third-order valence-electron chi connectivity index (χ3n) is 3.70. The fourth-order valence-electron chi connectivity index (χ4n) is 2.66. The number of aliphatic hydroxyl groups is 1. The largest absolute Gasteiger partial charge is 0.395 e. The van der Waals surface area contributed by atoms with E-state index < -0.39 is 0 Å². The van der Waals surface area contributed by atoms with Crippen LogP contribution in [0.4, 0.5) is 0 Å². The highest BCUT2D eigenvalue weighted by atomic mass is 16.3. The standard InChI is InChI=1S/C13H23NO2/c1-3-9-14(10-11-15)12(16)13(4-2)7-5-6-8-13/h3,15H,1,4-11H2,2H3. The molecule has 0 aliphatic heterocycles. The third kappa shape index (κ3) is 2.64. The van der Waals surface area contributed by atoms with E-state index in [-0.39, 0.29) is 17.9 Å². The van der Waals surface area contributed by atoms with Gasteiger partial charge >= 0.3 is 0 Å². The molecule has 3 heteroatoms. The maximum absolute atomic E-state index is 12.4. The quantitative estimate of drug-likeness (QED) is 0.702. The van der Waals surface area contributed by atoms with E-state index in [0.29, 0.717) is 13.1 Å². The second-order valence-electron chi connectivity index (χ2n) is 4.60. The summed E-state index contributed by atoms with van der Waals surface area (Å²) >= 11 is 0. The highest BCUT2D eigenvalue weighted by Gasteiger charge is 2.41. The Kier molecular flexibility index (Phi) is 5.00. The lowest BCUT2D eigenvalue weighted by Gasteiger charge is -2.33. The second-order valence-corrected chi connectivity index (χ2v) is 4.60. The molecule has 0 unspecified atom stereocenters. The SMILES string of the molecule is C=CCN(CCO)C(=O)C1(CC)CCCC1. The summed E-state index contributed by atoms with van der Waals surface area (Å²) in [7, 11) is 0. The first-order valence-corrected chi connectivity index (χ1v) is 6.21. The van der Waals surface area contributed by atoms with E-state index >= 15 is 0 Å². The lowest BCUT2D eigenvalue weighted by atomic mass is 9.82. The van der Waals surface area contributed by atoms with Crippen LogP contribution in [0.25, 0.3) is 0 Å². The van der Waals surface area contributed by atoms with Crippen molar-refractivity contribution in [1.82, 2.24) is 4.90 Å². The Morgan fingerprint density at radius 2 is 2.12 bits per heavy atom. The van der Waals surface area contributed by atoms with Gasteiger partial charge in [0.1, 0.15) is 0 Å². The summed E-state index contributed by atoms with van der Waals surface area (Å²) in [6.45, 7) is 6.75. The van der Waals surface area contributed by atoms with Crippen LogP contribution in [-0.2, 0) is 4.79 Å². The number of carbonyl (C=O) groups is 1. The lowest BCUT2D eigenvalue weighted by Crippen LogP contribution is -2.43. The highest BCUT2D eigenvalue weighted by molar-refractivity contribution is 5.83. The van der Waals surface area contributed by atoms with Gasteiger partial charge in [-0.3, -0.25) is 4.79 Å². The summed E-state index contributed by atoms with van der Waals surface area (Å²) < 4.78 is 0. The molecule has 1 amide bonds. The molecule has 1 saturated carbocycles. The lowest BCUT2D eigenvalue weighted by molar-refractivity contribution is -0.142. The van der Waals surface area contributed by atoms with Crippen LogP contribution in [-0.4, -0.2) is 35.6 Å². The average Bonchev–Trinajstić information content (AvgIpc) is 2.77. The smallest absolute Gasteiger partial charge is 0.229 e. The fraction of sp³-hybridized carbons (Fsp3) is 0.769. The van der Waals surface area contributed by atoms with Crippen molar-refractivity contribution in [1.29, 1.82) is 0 Å². The Morgan fingerprint density at radius 1 is 1.50 bits per heavy atom. The van der Waals surface area contributed by atoms with Gasteiger partial charge in [-0.15, -0.1) is 6.58 Å². The number of carbonyl (C=O) groups excluding carboxylic acids is 1. The summed E-state index contributed by atoms with van der Waals surface area (Å²) in [4.78, 5) is 14.2. The van der Waals surface area contributed by atoms with E-state index in [1.165, 1.54) is 0 Å². The Morgan fingerprint density at radius 3 is 2.56 bits per heavy atom. The van der Waals surface area contributed by atoms with E-state index in [4.69, 9.17) is 5.11 Å².